The molecule has 0 radical (unpaired) electrons. The number of hydrogen-bond donors (Lipinski definition) is 2. The highest BCUT2D eigenvalue weighted by atomic mass is 16.3. The molecule has 3 N–H and O–H groups in total. The first-order valence-electron chi connectivity index (χ1n) is 8.23. The Labute approximate surface area is 127 Å². The third kappa shape index (κ3) is 3.57. The number of rotatable bonds is 4. The van der Waals surface area contributed by atoms with Crippen LogP contribution in [0.25, 0.3) is 0 Å². The molecule has 1 aromatic rings. The minimum absolute atomic E-state index is 0.480. The Hall–Kier alpha value is -1.10. The Bertz CT molecular complexity index is 459. The third-order valence-electron chi connectivity index (χ3n) is 4.94. The van der Waals surface area contributed by atoms with E-state index in [1.807, 2.05) is 24.3 Å². The molecule has 4 heteroatoms. The summed E-state index contributed by atoms with van der Waals surface area (Å²) in [5, 5.41) is 10.4. The van der Waals surface area contributed by atoms with Gasteiger partial charge in [-0.2, -0.15) is 0 Å². The topological polar surface area (TPSA) is 52.7 Å². The summed E-state index contributed by atoms with van der Waals surface area (Å²) >= 11 is 0. The number of nitrogen functional groups attached to an aromatic ring is 1. The molecular formula is C17H27N3O. The molecule has 2 aliphatic rings. The summed E-state index contributed by atoms with van der Waals surface area (Å²) in [7, 11) is 0. The molecule has 0 aromatic heterocycles. The van der Waals surface area contributed by atoms with Gasteiger partial charge in [0.05, 0.1) is 6.10 Å². The predicted octanol–water partition coefficient (Wildman–Crippen LogP) is 1.86. The fraction of sp³-hybridized carbons (Fsp3) is 0.647. The van der Waals surface area contributed by atoms with Crippen molar-refractivity contribution in [2.24, 2.45) is 0 Å². The van der Waals surface area contributed by atoms with Gasteiger partial charge >= 0.3 is 0 Å². The number of likely N-dealkylation sites (tertiary alicyclic amines) is 2. The van der Waals surface area contributed by atoms with Crippen LogP contribution >= 0.6 is 0 Å². The van der Waals surface area contributed by atoms with Gasteiger partial charge in [-0.25, -0.2) is 0 Å². The lowest BCUT2D eigenvalue weighted by atomic mass is 10.1. The molecule has 2 heterocycles. The molecule has 0 bridgehead atoms. The molecule has 3 rings (SSSR count). The van der Waals surface area contributed by atoms with Crippen molar-refractivity contribution in [2.75, 3.05) is 38.5 Å². The largest absolute Gasteiger partial charge is 0.398 e. The minimum atomic E-state index is -0.480. The minimum Gasteiger partial charge on any atom is -0.398 e. The zero-order valence-electron chi connectivity index (χ0n) is 12.7. The second-order valence-corrected chi connectivity index (χ2v) is 6.44. The third-order valence-corrected chi connectivity index (χ3v) is 4.94. The molecule has 0 saturated carbocycles. The standard InChI is InChI=1S/C17H27N3O/c18-16-7-3-2-6-15(16)17(21)13-19-11-8-14(12-19)20-9-4-1-5-10-20/h2-3,6-7,14,17,21H,1,4-5,8-13,18H2. The molecule has 116 valence electrons. The lowest BCUT2D eigenvalue weighted by molar-refractivity contribution is 0.115. The zero-order valence-corrected chi connectivity index (χ0v) is 12.7. The Morgan fingerprint density at radius 1 is 1.14 bits per heavy atom. The molecule has 2 fully saturated rings. The van der Waals surface area contributed by atoms with Crippen LogP contribution in [0.2, 0.25) is 0 Å². The maximum Gasteiger partial charge on any atom is 0.0936 e. The van der Waals surface area contributed by atoms with Gasteiger partial charge in [-0.3, -0.25) is 9.80 Å². The number of aliphatic hydroxyl groups excluding tert-OH is 1. The molecule has 2 unspecified atom stereocenters. The molecule has 1 aromatic carbocycles. The molecule has 4 nitrogen and oxygen atoms in total. The number of nitrogens with zero attached hydrogens (tertiary/aromatic N) is 2. The highest BCUT2D eigenvalue weighted by Crippen LogP contribution is 2.24. The van der Waals surface area contributed by atoms with E-state index in [4.69, 9.17) is 5.73 Å². The van der Waals surface area contributed by atoms with Crippen molar-refractivity contribution >= 4 is 5.69 Å². The Balaban J connectivity index is 1.53. The predicted molar refractivity (Wildman–Crippen MR) is 86.1 cm³/mol. The monoisotopic (exact) mass is 289 g/mol. The molecular weight excluding hydrogens is 262 g/mol. The van der Waals surface area contributed by atoms with Gasteiger partial charge in [-0.05, 0) is 45.0 Å². The van der Waals surface area contributed by atoms with E-state index in [-0.39, 0.29) is 0 Å². The van der Waals surface area contributed by atoms with Gasteiger partial charge in [0, 0.05) is 30.4 Å². The van der Waals surface area contributed by atoms with E-state index in [1.54, 1.807) is 0 Å². The van der Waals surface area contributed by atoms with Crippen LogP contribution in [-0.2, 0) is 0 Å². The van der Waals surface area contributed by atoms with E-state index in [2.05, 4.69) is 9.80 Å². The average molecular weight is 289 g/mol. The summed E-state index contributed by atoms with van der Waals surface area (Å²) in [5.41, 5.74) is 7.50. The van der Waals surface area contributed by atoms with E-state index < -0.39 is 6.10 Å². The zero-order chi connectivity index (χ0) is 14.7. The van der Waals surface area contributed by atoms with Crippen molar-refractivity contribution in [2.45, 2.75) is 37.8 Å². The van der Waals surface area contributed by atoms with Gasteiger partial charge in [-0.15, -0.1) is 0 Å². The fourth-order valence-corrected chi connectivity index (χ4v) is 3.72. The van der Waals surface area contributed by atoms with Gasteiger partial charge < -0.3 is 10.8 Å². The van der Waals surface area contributed by atoms with Crippen molar-refractivity contribution in [1.82, 2.24) is 9.80 Å². The molecule has 2 saturated heterocycles. The first-order valence-corrected chi connectivity index (χ1v) is 8.23. The van der Waals surface area contributed by atoms with Gasteiger partial charge in [-0.1, -0.05) is 24.6 Å². The number of hydrogen-bond acceptors (Lipinski definition) is 4. The average Bonchev–Trinajstić information content (AvgIpc) is 2.97. The molecule has 2 aliphatic heterocycles. The number of para-hydroxylation sites is 1. The highest BCUT2D eigenvalue weighted by Gasteiger charge is 2.29. The van der Waals surface area contributed by atoms with Crippen molar-refractivity contribution in [3.05, 3.63) is 29.8 Å². The van der Waals surface area contributed by atoms with Gasteiger partial charge in [0.2, 0.25) is 0 Å². The van der Waals surface area contributed by atoms with Crippen LogP contribution in [0.3, 0.4) is 0 Å². The fourth-order valence-electron chi connectivity index (χ4n) is 3.72. The van der Waals surface area contributed by atoms with Crippen LogP contribution in [0.1, 0.15) is 37.4 Å². The smallest absolute Gasteiger partial charge is 0.0936 e. The van der Waals surface area contributed by atoms with Gasteiger partial charge in [0.25, 0.3) is 0 Å². The first-order chi connectivity index (χ1) is 10.2. The quantitative estimate of drug-likeness (QED) is 0.831. The van der Waals surface area contributed by atoms with Gasteiger partial charge in [0.15, 0.2) is 0 Å². The number of anilines is 1. The summed E-state index contributed by atoms with van der Waals surface area (Å²) in [4.78, 5) is 5.03. The first kappa shape index (κ1) is 14.8. The molecule has 0 spiro atoms. The SMILES string of the molecule is Nc1ccccc1C(O)CN1CCC(N2CCCCC2)C1. The lowest BCUT2D eigenvalue weighted by Gasteiger charge is -2.32. The highest BCUT2D eigenvalue weighted by molar-refractivity contribution is 5.47. The summed E-state index contributed by atoms with van der Waals surface area (Å²) in [5.74, 6) is 0. The Kier molecular flexibility index (Phi) is 4.78. The van der Waals surface area contributed by atoms with Crippen LogP contribution in [0, 0.1) is 0 Å². The normalized spacial score (nSPS) is 26.0. The summed E-state index contributed by atoms with van der Waals surface area (Å²) in [6, 6.07) is 8.33. The van der Waals surface area contributed by atoms with Crippen LogP contribution < -0.4 is 5.73 Å². The van der Waals surface area contributed by atoms with Gasteiger partial charge in [0.1, 0.15) is 0 Å². The lowest BCUT2D eigenvalue weighted by Crippen LogP contribution is -2.41. The van der Waals surface area contributed by atoms with Crippen LogP contribution in [0.15, 0.2) is 24.3 Å². The Morgan fingerprint density at radius 2 is 1.90 bits per heavy atom. The summed E-state index contributed by atoms with van der Waals surface area (Å²) in [6.07, 6.45) is 4.83. The van der Waals surface area contributed by atoms with E-state index in [0.717, 1.165) is 18.7 Å². The van der Waals surface area contributed by atoms with Crippen LogP contribution in [0.4, 0.5) is 5.69 Å². The van der Waals surface area contributed by atoms with Crippen molar-refractivity contribution in [3.8, 4) is 0 Å². The maximum absolute atomic E-state index is 10.4. The molecule has 0 aliphatic carbocycles. The second kappa shape index (κ2) is 6.77. The Morgan fingerprint density at radius 3 is 2.67 bits per heavy atom. The van der Waals surface area contributed by atoms with E-state index in [1.165, 1.54) is 38.8 Å². The number of piperidine rings is 1. The second-order valence-electron chi connectivity index (χ2n) is 6.44. The van der Waals surface area contributed by atoms with Crippen molar-refractivity contribution < 1.29 is 5.11 Å². The van der Waals surface area contributed by atoms with E-state index >= 15 is 0 Å². The van der Waals surface area contributed by atoms with E-state index in [9.17, 15) is 5.11 Å². The number of benzene rings is 1. The number of β-amino-alcohol motifs (C(OH)–C–C–N with tert-alkyl or cyclic N) is 1. The number of nitrogens with two attached hydrogens (primary N) is 1. The van der Waals surface area contributed by atoms with E-state index in [0.29, 0.717) is 18.3 Å². The van der Waals surface area contributed by atoms with Crippen LogP contribution in [0.5, 0.6) is 0 Å². The molecule has 0 amide bonds. The summed E-state index contributed by atoms with van der Waals surface area (Å²) < 4.78 is 0. The molecule has 2 atom stereocenters. The van der Waals surface area contributed by atoms with Crippen molar-refractivity contribution in [3.63, 3.8) is 0 Å². The maximum atomic E-state index is 10.4. The van der Waals surface area contributed by atoms with Crippen LogP contribution in [-0.4, -0.2) is 53.7 Å². The summed E-state index contributed by atoms with van der Waals surface area (Å²) in [6.45, 7) is 5.38. The molecule has 21 heavy (non-hydrogen) atoms. The van der Waals surface area contributed by atoms with Crippen molar-refractivity contribution in [1.29, 1.82) is 0 Å². The number of aliphatic hydroxyl groups is 1.